The molecule has 0 amide bonds. The zero-order valence-electron chi connectivity index (χ0n) is 9.44. The van der Waals surface area contributed by atoms with Gasteiger partial charge in [-0.1, -0.05) is 0 Å². The van der Waals surface area contributed by atoms with Crippen molar-refractivity contribution in [3.8, 4) is 0 Å². The Labute approximate surface area is 105 Å². The van der Waals surface area contributed by atoms with E-state index in [-0.39, 0.29) is 24.3 Å². The van der Waals surface area contributed by atoms with E-state index in [1.165, 1.54) is 0 Å². The normalized spacial score (nSPS) is 22.5. The number of sulfone groups is 1. The Hall–Kier alpha value is -0.710. The molecule has 10 heteroatoms. The zero-order chi connectivity index (χ0) is 14.0. The molecular weight excluding hydrogens is 286 g/mol. The standard InChI is InChI=1S/C8H15NO7S2/c10-5-7(8(11)12)9-18(15,16)6-1-3-17(13,14)4-2-6/h6-7,9-10H,1-5H2,(H,11,12)/t7-/m0/s1. The van der Waals surface area contributed by atoms with E-state index in [1.54, 1.807) is 0 Å². The summed E-state index contributed by atoms with van der Waals surface area (Å²) < 4.78 is 47.8. The van der Waals surface area contributed by atoms with Crippen molar-refractivity contribution >= 4 is 25.8 Å². The van der Waals surface area contributed by atoms with Gasteiger partial charge in [-0.15, -0.1) is 0 Å². The molecule has 106 valence electrons. The van der Waals surface area contributed by atoms with Gasteiger partial charge in [-0.25, -0.2) is 16.8 Å². The van der Waals surface area contributed by atoms with Gasteiger partial charge in [-0.3, -0.25) is 4.79 Å². The van der Waals surface area contributed by atoms with E-state index in [1.807, 2.05) is 4.72 Å². The maximum absolute atomic E-state index is 11.8. The van der Waals surface area contributed by atoms with Crippen LogP contribution in [0.2, 0.25) is 0 Å². The summed E-state index contributed by atoms with van der Waals surface area (Å²) in [5, 5.41) is 16.4. The molecule has 0 bridgehead atoms. The molecule has 0 saturated carbocycles. The summed E-state index contributed by atoms with van der Waals surface area (Å²) in [5.41, 5.74) is 0. The van der Waals surface area contributed by atoms with Gasteiger partial charge in [-0.2, -0.15) is 4.72 Å². The van der Waals surface area contributed by atoms with Gasteiger partial charge in [0.2, 0.25) is 10.0 Å². The first-order chi connectivity index (χ1) is 8.18. The number of carboxylic acid groups (broad SMARTS) is 1. The van der Waals surface area contributed by atoms with Crippen LogP contribution in [0.3, 0.4) is 0 Å². The molecule has 0 aromatic rings. The van der Waals surface area contributed by atoms with Crippen LogP contribution in [0.25, 0.3) is 0 Å². The Bertz CT molecular complexity index is 496. The van der Waals surface area contributed by atoms with E-state index in [2.05, 4.69) is 0 Å². The summed E-state index contributed by atoms with van der Waals surface area (Å²) in [6.07, 6.45) is -0.120. The van der Waals surface area contributed by atoms with Crippen LogP contribution in [0.1, 0.15) is 12.8 Å². The Kier molecular flexibility index (Phi) is 4.70. The van der Waals surface area contributed by atoms with E-state index >= 15 is 0 Å². The minimum Gasteiger partial charge on any atom is -0.480 e. The average Bonchev–Trinajstić information content (AvgIpc) is 2.25. The summed E-state index contributed by atoms with van der Waals surface area (Å²) in [6.45, 7) is -0.862. The fourth-order valence-electron chi connectivity index (χ4n) is 1.64. The third-order valence-corrected chi connectivity index (χ3v) is 6.41. The average molecular weight is 301 g/mol. The van der Waals surface area contributed by atoms with Crippen LogP contribution in [0.4, 0.5) is 0 Å². The van der Waals surface area contributed by atoms with E-state index < -0.39 is 43.7 Å². The third kappa shape index (κ3) is 3.90. The monoisotopic (exact) mass is 301 g/mol. The van der Waals surface area contributed by atoms with E-state index in [9.17, 15) is 21.6 Å². The number of aliphatic hydroxyl groups excluding tert-OH is 1. The molecule has 1 saturated heterocycles. The Balaban J connectivity index is 2.73. The first-order valence-electron chi connectivity index (χ1n) is 5.23. The van der Waals surface area contributed by atoms with Crippen molar-refractivity contribution in [2.45, 2.75) is 24.1 Å². The van der Waals surface area contributed by atoms with Crippen LogP contribution in [-0.2, 0) is 24.7 Å². The van der Waals surface area contributed by atoms with Crippen molar-refractivity contribution < 1.29 is 31.8 Å². The molecule has 8 nitrogen and oxygen atoms in total. The molecule has 0 aliphatic carbocycles. The fourth-order valence-corrected chi connectivity index (χ4v) is 5.05. The van der Waals surface area contributed by atoms with Gasteiger partial charge >= 0.3 is 5.97 Å². The molecule has 3 N–H and O–H groups in total. The number of hydrogen-bond acceptors (Lipinski definition) is 6. The van der Waals surface area contributed by atoms with Gasteiger partial charge in [-0.05, 0) is 12.8 Å². The fraction of sp³-hybridized carbons (Fsp3) is 0.875. The van der Waals surface area contributed by atoms with Crippen molar-refractivity contribution in [2.75, 3.05) is 18.1 Å². The Morgan fingerprint density at radius 2 is 1.83 bits per heavy atom. The summed E-state index contributed by atoms with van der Waals surface area (Å²) in [5.74, 6) is -1.94. The molecule has 0 aromatic heterocycles. The number of carboxylic acids is 1. The number of aliphatic carboxylic acids is 1. The van der Waals surface area contributed by atoms with Gasteiger partial charge in [0.1, 0.15) is 15.9 Å². The van der Waals surface area contributed by atoms with Crippen LogP contribution in [-0.4, -0.2) is 62.4 Å². The molecule has 0 spiro atoms. The van der Waals surface area contributed by atoms with Crippen molar-refractivity contribution in [3.63, 3.8) is 0 Å². The van der Waals surface area contributed by atoms with Crippen LogP contribution in [0.15, 0.2) is 0 Å². The van der Waals surface area contributed by atoms with Crippen LogP contribution < -0.4 is 4.72 Å². The molecule has 1 rings (SSSR count). The molecule has 1 heterocycles. The van der Waals surface area contributed by atoms with Gasteiger partial charge in [0, 0.05) is 0 Å². The maximum Gasteiger partial charge on any atom is 0.324 e. The molecule has 18 heavy (non-hydrogen) atoms. The number of hydrogen-bond donors (Lipinski definition) is 3. The Morgan fingerprint density at radius 3 is 2.22 bits per heavy atom. The van der Waals surface area contributed by atoms with Crippen molar-refractivity contribution in [1.82, 2.24) is 4.72 Å². The minimum atomic E-state index is -3.95. The Morgan fingerprint density at radius 1 is 1.33 bits per heavy atom. The molecule has 1 fully saturated rings. The second-order valence-corrected chi connectivity index (χ2v) is 8.38. The number of carbonyl (C=O) groups is 1. The lowest BCUT2D eigenvalue weighted by Crippen LogP contribution is -2.48. The van der Waals surface area contributed by atoms with Gasteiger partial charge < -0.3 is 10.2 Å². The predicted molar refractivity (Wildman–Crippen MR) is 62.2 cm³/mol. The van der Waals surface area contributed by atoms with E-state index in [0.29, 0.717) is 0 Å². The molecule has 1 atom stereocenters. The molecular formula is C8H15NO7S2. The first kappa shape index (κ1) is 15.3. The number of rotatable bonds is 5. The largest absolute Gasteiger partial charge is 0.480 e. The number of aliphatic hydroxyl groups is 1. The lowest BCUT2D eigenvalue weighted by atomic mass is 10.2. The highest BCUT2D eigenvalue weighted by molar-refractivity contribution is 7.92. The molecule has 0 aromatic carbocycles. The lowest BCUT2D eigenvalue weighted by Gasteiger charge is -2.23. The van der Waals surface area contributed by atoms with Crippen LogP contribution in [0, 0.1) is 0 Å². The van der Waals surface area contributed by atoms with Crippen molar-refractivity contribution in [1.29, 1.82) is 0 Å². The second kappa shape index (κ2) is 5.51. The summed E-state index contributed by atoms with van der Waals surface area (Å²) >= 11 is 0. The topological polar surface area (TPSA) is 138 Å². The summed E-state index contributed by atoms with van der Waals surface area (Å²) in [7, 11) is -7.13. The smallest absolute Gasteiger partial charge is 0.324 e. The van der Waals surface area contributed by atoms with Gasteiger partial charge in [0.15, 0.2) is 0 Å². The van der Waals surface area contributed by atoms with Crippen molar-refractivity contribution in [2.24, 2.45) is 0 Å². The predicted octanol–water partition coefficient (Wildman–Crippen LogP) is -2.07. The van der Waals surface area contributed by atoms with Crippen LogP contribution in [0.5, 0.6) is 0 Å². The lowest BCUT2D eigenvalue weighted by molar-refractivity contribution is -0.139. The number of nitrogens with one attached hydrogen (secondary N) is 1. The minimum absolute atomic E-state index is 0.0601. The van der Waals surface area contributed by atoms with Gasteiger partial charge in [0.05, 0.1) is 23.4 Å². The second-order valence-electron chi connectivity index (χ2n) is 4.09. The van der Waals surface area contributed by atoms with Crippen LogP contribution >= 0.6 is 0 Å². The zero-order valence-corrected chi connectivity index (χ0v) is 11.1. The SMILES string of the molecule is O=C(O)[C@H](CO)NS(=O)(=O)C1CCS(=O)(=O)CC1. The number of sulfonamides is 1. The van der Waals surface area contributed by atoms with E-state index in [4.69, 9.17) is 10.2 Å². The highest BCUT2D eigenvalue weighted by Gasteiger charge is 2.35. The molecule has 1 aliphatic heterocycles. The maximum atomic E-state index is 11.8. The molecule has 1 aliphatic rings. The third-order valence-electron chi connectivity index (χ3n) is 2.73. The highest BCUT2D eigenvalue weighted by Crippen LogP contribution is 2.18. The highest BCUT2D eigenvalue weighted by atomic mass is 32.2. The summed E-state index contributed by atoms with van der Waals surface area (Å²) in [6, 6.07) is -1.60. The van der Waals surface area contributed by atoms with Crippen molar-refractivity contribution in [3.05, 3.63) is 0 Å². The first-order valence-corrected chi connectivity index (χ1v) is 8.60. The van der Waals surface area contributed by atoms with Gasteiger partial charge in [0.25, 0.3) is 0 Å². The van der Waals surface area contributed by atoms with E-state index in [0.717, 1.165) is 0 Å². The molecule has 0 unspecified atom stereocenters. The summed E-state index contributed by atoms with van der Waals surface area (Å²) in [4.78, 5) is 10.6. The molecule has 0 radical (unpaired) electrons. The quantitative estimate of drug-likeness (QED) is 0.530.